The highest BCUT2D eigenvalue weighted by atomic mass is 16.1. The van der Waals surface area contributed by atoms with Gasteiger partial charge in [0.15, 0.2) is 0 Å². The van der Waals surface area contributed by atoms with Crippen LogP contribution in [-0.4, -0.2) is 20.9 Å². The molecular weight excluding hydrogens is 314 g/mol. The molecule has 2 heterocycles. The standard InChI is InChI=1S/C19H19N5O/c1-13-3-4-17(9-14(13)2)24-18(25)16-11-22-19(23-12-16)21-10-15-5-7-20-8-6-15/h3-9,11-12H,10H2,1-2H3,(H,24,25)(H,21,22,23). The van der Waals surface area contributed by atoms with Gasteiger partial charge >= 0.3 is 0 Å². The van der Waals surface area contributed by atoms with Crippen LogP contribution >= 0.6 is 0 Å². The van der Waals surface area contributed by atoms with Crippen LogP contribution in [0.3, 0.4) is 0 Å². The second kappa shape index (κ2) is 7.53. The lowest BCUT2D eigenvalue weighted by molar-refractivity contribution is 0.102. The second-order valence-corrected chi connectivity index (χ2v) is 5.76. The molecule has 0 radical (unpaired) electrons. The van der Waals surface area contributed by atoms with Gasteiger partial charge in [-0.1, -0.05) is 6.07 Å². The average molecular weight is 333 g/mol. The fourth-order valence-corrected chi connectivity index (χ4v) is 2.24. The molecule has 25 heavy (non-hydrogen) atoms. The van der Waals surface area contributed by atoms with Crippen molar-refractivity contribution in [1.29, 1.82) is 0 Å². The minimum Gasteiger partial charge on any atom is -0.350 e. The Balaban J connectivity index is 1.61. The zero-order valence-electron chi connectivity index (χ0n) is 14.2. The zero-order chi connectivity index (χ0) is 17.6. The van der Waals surface area contributed by atoms with Crippen LogP contribution in [-0.2, 0) is 6.54 Å². The van der Waals surface area contributed by atoms with Crippen molar-refractivity contribution in [3.8, 4) is 0 Å². The second-order valence-electron chi connectivity index (χ2n) is 5.76. The summed E-state index contributed by atoms with van der Waals surface area (Å²) in [7, 11) is 0. The van der Waals surface area contributed by atoms with Gasteiger partial charge in [0.1, 0.15) is 0 Å². The predicted octanol–water partition coefficient (Wildman–Crippen LogP) is 3.35. The smallest absolute Gasteiger partial charge is 0.258 e. The Hall–Kier alpha value is -3.28. The Labute approximate surface area is 146 Å². The number of anilines is 2. The number of pyridine rings is 1. The third-order valence-corrected chi connectivity index (χ3v) is 3.88. The van der Waals surface area contributed by atoms with E-state index < -0.39 is 0 Å². The molecule has 2 aromatic heterocycles. The van der Waals surface area contributed by atoms with Crippen molar-refractivity contribution in [2.45, 2.75) is 20.4 Å². The number of carbonyl (C=O) groups is 1. The highest BCUT2D eigenvalue weighted by Crippen LogP contribution is 2.15. The van der Waals surface area contributed by atoms with Crippen molar-refractivity contribution < 1.29 is 4.79 Å². The van der Waals surface area contributed by atoms with E-state index in [1.807, 2.05) is 44.2 Å². The van der Waals surface area contributed by atoms with Crippen LogP contribution < -0.4 is 10.6 Å². The molecule has 0 aliphatic heterocycles. The van der Waals surface area contributed by atoms with Gasteiger partial charge < -0.3 is 10.6 Å². The number of hydrogen-bond donors (Lipinski definition) is 2. The van der Waals surface area contributed by atoms with Crippen molar-refractivity contribution in [2.75, 3.05) is 10.6 Å². The molecule has 0 atom stereocenters. The number of nitrogens with one attached hydrogen (secondary N) is 2. The molecule has 0 aliphatic rings. The third kappa shape index (κ3) is 4.38. The van der Waals surface area contributed by atoms with Gasteiger partial charge in [0, 0.05) is 37.0 Å². The highest BCUT2D eigenvalue weighted by Gasteiger charge is 2.08. The highest BCUT2D eigenvalue weighted by molar-refractivity contribution is 6.03. The molecule has 0 unspecified atom stereocenters. The summed E-state index contributed by atoms with van der Waals surface area (Å²) in [5, 5.41) is 5.97. The molecule has 6 nitrogen and oxygen atoms in total. The van der Waals surface area contributed by atoms with Crippen LogP contribution in [0.1, 0.15) is 27.0 Å². The van der Waals surface area contributed by atoms with Crippen LogP contribution in [0, 0.1) is 13.8 Å². The number of amides is 1. The lowest BCUT2D eigenvalue weighted by atomic mass is 10.1. The number of aryl methyl sites for hydroxylation is 2. The van der Waals surface area contributed by atoms with E-state index in [-0.39, 0.29) is 5.91 Å². The Morgan fingerprint density at radius 3 is 2.40 bits per heavy atom. The summed E-state index contributed by atoms with van der Waals surface area (Å²) in [4.78, 5) is 24.6. The lowest BCUT2D eigenvalue weighted by Gasteiger charge is -2.08. The van der Waals surface area contributed by atoms with E-state index in [0.29, 0.717) is 18.1 Å². The summed E-state index contributed by atoms with van der Waals surface area (Å²) in [5.41, 5.74) is 4.56. The Morgan fingerprint density at radius 2 is 1.72 bits per heavy atom. The van der Waals surface area contributed by atoms with Crippen LogP contribution in [0.2, 0.25) is 0 Å². The van der Waals surface area contributed by atoms with Crippen molar-refractivity contribution in [3.63, 3.8) is 0 Å². The average Bonchev–Trinajstić information content (AvgIpc) is 2.64. The van der Waals surface area contributed by atoms with Gasteiger partial charge in [-0.15, -0.1) is 0 Å². The fraction of sp³-hybridized carbons (Fsp3) is 0.158. The summed E-state index contributed by atoms with van der Waals surface area (Å²) in [5.74, 6) is 0.239. The number of benzene rings is 1. The molecule has 1 amide bonds. The summed E-state index contributed by atoms with van der Waals surface area (Å²) < 4.78 is 0. The Kier molecular flexibility index (Phi) is 4.99. The molecule has 0 fully saturated rings. The van der Waals surface area contributed by atoms with Crippen LogP contribution in [0.25, 0.3) is 0 Å². The molecule has 0 spiro atoms. The van der Waals surface area contributed by atoms with E-state index in [9.17, 15) is 4.79 Å². The van der Waals surface area contributed by atoms with Crippen LogP contribution in [0.4, 0.5) is 11.6 Å². The van der Waals surface area contributed by atoms with E-state index >= 15 is 0 Å². The topological polar surface area (TPSA) is 79.8 Å². The summed E-state index contributed by atoms with van der Waals surface area (Å²) in [6, 6.07) is 9.63. The Bertz CT molecular complexity index is 863. The normalized spacial score (nSPS) is 10.3. The number of hydrogen-bond acceptors (Lipinski definition) is 5. The van der Waals surface area contributed by atoms with Gasteiger partial charge in [0.05, 0.1) is 5.56 Å². The number of aromatic nitrogens is 3. The van der Waals surface area contributed by atoms with Crippen molar-refractivity contribution in [1.82, 2.24) is 15.0 Å². The van der Waals surface area contributed by atoms with Crippen molar-refractivity contribution >= 4 is 17.5 Å². The Morgan fingerprint density at radius 1 is 1.00 bits per heavy atom. The molecule has 0 saturated heterocycles. The largest absolute Gasteiger partial charge is 0.350 e. The third-order valence-electron chi connectivity index (χ3n) is 3.88. The minimum atomic E-state index is -0.232. The maximum atomic E-state index is 12.3. The van der Waals surface area contributed by atoms with Crippen LogP contribution in [0.5, 0.6) is 0 Å². The van der Waals surface area contributed by atoms with Crippen LogP contribution in [0.15, 0.2) is 55.1 Å². The summed E-state index contributed by atoms with van der Waals surface area (Å²) in [6.45, 7) is 4.64. The first-order valence-corrected chi connectivity index (χ1v) is 7.95. The van der Waals surface area contributed by atoms with Gasteiger partial charge in [-0.3, -0.25) is 9.78 Å². The first-order chi connectivity index (χ1) is 12.1. The van der Waals surface area contributed by atoms with Gasteiger partial charge in [-0.2, -0.15) is 0 Å². The summed E-state index contributed by atoms with van der Waals surface area (Å²) in [6.07, 6.45) is 6.49. The van der Waals surface area contributed by atoms with Gasteiger partial charge in [-0.05, 0) is 54.8 Å². The maximum Gasteiger partial charge on any atom is 0.258 e. The van der Waals surface area contributed by atoms with Gasteiger partial charge in [-0.25, -0.2) is 9.97 Å². The molecule has 0 saturated carbocycles. The first-order valence-electron chi connectivity index (χ1n) is 7.95. The molecule has 6 heteroatoms. The minimum absolute atomic E-state index is 0.232. The molecule has 126 valence electrons. The van der Waals surface area contributed by atoms with Crippen molar-refractivity contribution in [3.05, 3.63) is 77.4 Å². The fourth-order valence-electron chi connectivity index (χ4n) is 2.24. The number of rotatable bonds is 5. The van der Waals surface area contributed by atoms with E-state index in [1.165, 1.54) is 18.0 Å². The molecule has 1 aromatic carbocycles. The molecule has 3 aromatic rings. The molecule has 0 bridgehead atoms. The maximum absolute atomic E-state index is 12.3. The predicted molar refractivity (Wildman–Crippen MR) is 97.5 cm³/mol. The monoisotopic (exact) mass is 333 g/mol. The van der Waals surface area contributed by atoms with Gasteiger partial charge in [0.25, 0.3) is 5.91 Å². The SMILES string of the molecule is Cc1ccc(NC(=O)c2cnc(NCc3ccncc3)nc2)cc1C. The number of carbonyl (C=O) groups excluding carboxylic acids is 1. The van der Waals surface area contributed by atoms with E-state index in [2.05, 4.69) is 25.6 Å². The quantitative estimate of drug-likeness (QED) is 0.748. The molecular formula is C19H19N5O. The van der Waals surface area contributed by atoms with E-state index in [4.69, 9.17) is 0 Å². The zero-order valence-corrected chi connectivity index (χ0v) is 14.2. The molecule has 0 aliphatic carbocycles. The van der Waals surface area contributed by atoms with E-state index in [1.54, 1.807) is 12.4 Å². The van der Waals surface area contributed by atoms with E-state index in [0.717, 1.165) is 16.8 Å². The molecule has 2 N–H and O–H groups in total. The number of nitrogens with zero attached hydrogens (tertiary/aromatic N) is 3. The van der Waals surface area contributed by atoms with Crippen molar-refractivity contribution in [2.24, 2.45) is 0 Å². The molecule has 3 rings (SSSR count). The first kappa shape index (κ1) is 16.6. The summed E-state index contributed by atoms with van der Waals surface area (Å²) >= 11 is 0. The van der Waals surface area contributed by atoms with Gasteiger partial charge in [0.2, 0.25) is 5.95 Å². The lowest BCUT2D eigenvalue weighted by Crippen LogP contribution is -2.13.